The van der Waals surface area contributed by atoms with E-state index in [9.17, 15) is 0 Å². The van der Waals surface area contributed by atoms with Gasteiger partial charge in [0.05, 0.1) is 0 Å². The molecule has 0 amide bonds. The van der Waals surface area contributed by atoms with E-state index in [2.05, 4.69) is 55.3 Å². The predicted octanol–water partition coefficient (Wildman–Crippen LogP) is 3.46. The molecule has 2 rings (SSSR count). The molecule has 0 fully saturated rings. The van der Waals surface area contributed by atoms with Crippen LogP contribution < -0.4 is 5.32 Å². The van der Waals surface area contributed by atoms with Gasteiger partial charge in [-0.2, -0.15) is 0 Å². The van der Waals surface area contributed by atoms with E-state index >= 15 is 0 Å². The predicted molar refractivity (Wildman–Crippen MR) is 85.0 cm³/mol. The second kappa shape index (κ2) is 7.20. The van der Waals surface area contributed by atoms with Crippen molar-refractivity contribution >= 4 is 0 Å². The lowest BCUT2D eigenvalue weighted by Crippen LogP contribution is -2.33. The number of hydrogen-bond donors (Lipinski definition) is 1. The Labute approximate surface area is 122 Å². The van der Waals surface area contributed by atoms with E-state index in [1.54, 1.807) is 0 Å². The molecule has 1 atom stereocenters. The van der Waals surface area contributed by atoms with Crippen LogP contribution in [-0.4, -0.2) is 17.6 Å². The van der Waals surface area contributed by atoms with Crippen molar-refractivity contribution in [1.82, 2.24) is 10.3 Å². The van der Waals surface area contributed by atoms with Gasteiger partial charge in [-0.3, -0.25) is 4.98 Å². The number of pyridine rings is 1. The summed E-state index contributed by atoms with van der Waals surface area (Å²) in [6.45, 7) is 7.51. The van der Waals surface area contributed by atoms with Crippen LogP contribution in [0.3, 0.4) is 0 Å². The molecule has 0 radical (unpaired) electrons. The van der Waals surface area contributed by atoms with Gasteiger partial charge in [-0.15, -0.1) is 0 Å². The molecular weight excluding hydrogens is 244 g/mol. The van der Waals surface area contributed by atoms with Crippen LogP contribution in [0.1, 0.15) is 29.2 Å². The fourth-order valence-electron chi connectivity index (χ4n) is 2.52. The third-order valence-corrected chi connectivity index (χ3v) is 3.75. The van der Waals surface area contributed by atoms with E-state index in [0.717, 1.165) is 19.4 Å². The molecule has 0 aliphatic heterocycles. The monoisotopic (exact) mass is 268 g/mol. The molecule has 0 saturated carbocycles. The van der Waals surface area contributed by atoms with E-state index in [1.165, 1.54) is 22.3 Å². The highest BCUT2D eigenvalue weighted by molar-refractivity contribution is 5.30. The third-order valence-electron chi connectivity index (χ3n) is 3.75. The lowest BCUT2D eigenvalue weighted by atomic mass is 9.97. The lowest BCUT2D eigenvalue weighted by Gasteiger charge is -2.18. The maximum absolute atomic E-state index is 4.20. The summed E-state index contributed by atoms with van der Waals surface area (Å²) in [5.74, 6) is 0. The van der Waals surface area contributed by atoms with E-state index in [-0.39, 0.29) is 0 Å². The molecule has 106 valence electrons. The van der Waals surface area contributed by atoms with Crippen LogP contribution in [0, 0.1) is 13.8 Å². The first-order valence-corrected chi connectivity index (χ1v) is 7.37. The van der Waals surface area contributed by atoms with Crippen molar-refractivity contribution in [1.29, 1.82) is 0 Å². The third kappa shape index (κ3) is 4.17. The minimum Gasteiger partial charge on any atom is -0.314 e. The number of rotatable bonds is 6. The number of nitrogens with one attached hydrogen (secondary N) is 1. The molecular formula is C18H24N2. The highest BCUT2D eigenvalue weighted by atomic mass is 14.9. The first-order valence-electron chi connectivity index (χ1n) is 7.37. The van der Waals surface area contributed by atoms with Gasteiger partial charge in [0.1, 0.15) is 0 Å². The van der Waals surface area contributed by atoms with E-state index in [4.69, 9.17) is 0 Å². The zero-order valence-corrected chi connectivity index (χ0v) is 12.7. The highest BCUT2D eigenvalue weighted by Gasteiger charge is 2.10. The van der Waals surface area contributed by atoms with Crippen molar-refractivity contribution in [2.75, 3.05) is 6.54 Å². The van der Waals surface area contributed by atoms with Gasteiger partial charge < -0.3 is 5.32 Å². The maximum Gasteiger partial charge on any atom is 0.0300 e. The fraction of sp³-hybridized carbons (Fsp3) is 0.389. The van der Waals surface area contributed by atoms with Crippen LogP contribution in [0.2, 0.25) is 0 Å². The maximum atomic E-state index is 4.20. The zero-order valence-electron chi connectivity index (χ0n) is 12.7. The molecule has 1 heterocycles. The van der Waals surface area contributed by atoms with Crippen LogP contribution in [0.4, 0.5) is 0 Å². The summed E-state index contributed by atoms with van der Waals surface area (Å²) in [6, 6.07) is 11.4. The Kier molecular flexibility index (Phi) is 5.31. The largest absolute Gasteiger partial charge is 0.314 e. The first kappa shape index (κ1) is 14.7. The SMILES string of the molecule is CCNC(Cc1cccnc1)Cc1ccc(C)c(C)c1. The number of aromatic nitrogens is 1. The van der Waals surface area contributed by atoms with Crippen LogP contribution in [0.5, 0.6) is 0 Å². The molecule has 20 heavy (non-hydrogen) atoms. The van der Waals surface area contributed by atoms with Gasteiger partial charge in [-0.1, -0.05) is 31.2 Å². The molecule has 0 bridgehead atoms. The van der Waals surface area contributed by atoms with Crippen molar-refractivity contribution < 1.29 is 0 Å². The van der Waals surface area contributed by atoms with Crippen molar-refractivity contribution in [2.45, 2.75) is 39.7 Å². The van der Waals surface area contributed by atoms with E-state index in [0.29, 0.717) is 6.04 Å². The summed E-state index contributed by atoms with van der Waals surface area (Å²) in [6.07, 6.45) is 5.87. The van der Waals surface area contributed by atoms with Crippen LogP contribution in [-0.2, 0) is 12.8 Å². The van der Waals surface area contributed by atoms with E-state index < -0.39 is 0 Å². The Morgan fingerprint density at radius 3 is 2.50 bits per heavy atom. The van der Waals surface area contributed by atoms with Gasteiger partial charge >= 0.3 is 0 Å². The van der Waals surface area contributed by atoms with Gasteiger partial charge in [-0.25, -0.2) is 0 Å². The van der Waals surface area contributed by atoms with Crippen LogP contribution in [0.25, 0.3) is 0 Å². The fourth-order valence-corrected chi connectivity index (χ4v) is 2.52. The summed E-state index contributed by atoms with van der Waals surface area (Å²) in [7, 11) is 0. The number of likely N-dealkylation sites (N-methyl/N-ethyl adjacent to an activating group) is 1. The minimum absolute atomic E-state index is 0.464. The van der Waals surface area contributed by atoms with Gasteiger partial charge in [-0.05, 0) is 61.6 Å². The molecule has 0 aliphatic carbocycles. The number of hydrogen-bond acceptors (Lipinski definition) is 2. The average molecular weight is 268 g/mol. The van der Waals surface area contributed by atoms with E-state index in [1.807, 2.05) is 18.5 Å². The van der Waals surface area contributed by atoms with Crippen molar-refractivity contribution in [3.8, 4) is 0 Å². The number of benzene rings is 1. The Hall–Kier alpha value is -1.67. The van der Waals surface area contributed by atoms with Crippen LogP contribution in [0.15, 0.2) is 42.7 Å². The van der Waals surface area contributed by atoms with Crippen molar-refractivity contribution in [3.05, 3.63) is 65.0 Å². The van der Waals surface area contributed by atoms with Gasteiger partial charge in [0.15, 0.2) is 0 Å². The Morgan fingerprint density at radius 1 is 1.05 bits per heavy atom. The molecule has 2 heteroatoms. The second-order valence-electron chi connectivity index (χ2n) is 5.44. The van der Waals surface area contributed by atoms with Crippen LogP contribution >= 0.6 is 0 Å². The van der Waals surface area contributed by atoms with Crippen molar-refractivity contribution in [3.63, 3.8) is 0 Å². The highest BCUT2D eigenvalue weighted by Crippen LogP contribution is 2.13. The topological polar surface area (TPSA) is 24.9 Å². The molecule has 0 aliphatic rings. The lowest BCUT2D eigenvalue weighted by molar-refractivity contribution is 0.521. The molecule has 1 aromatic heterocycles. The molecule has 1 aromatic carbocycles. The zero-order chi connectivity index (χ0) is 14.4. The Bertz CT molecular complexity index is 534. The minimum atomic E-state index is 0.464. The summed E-state index contributed by atoms with van der Waals surface area (Å²) < 4.78 is 0. The standard InChI is InChI=1S/C18H24N2/c1-4-20-18(12-17-6-5-9-19-13-17)11-16-8-7-14(2)15(3)10-16/h5-10,13,18,20H,4,11-12H2,1-3H3. The number of aryl methyl sites for hydroxylation is 2. The first-order chi connectivity index (χ1) is 9.69. The molecule has 2 nitrogen and oxygen atoms in total. The average Bonchev–Trinajstić information content (AvgIpc) is 2.44. The molecule has 0 saturated heterocycles. The summed E-state index contributed by atoms with van der Waals surface area (Å²) in [4.78, 5) is 4.20. The second-order valence-corrected chi connectivity index (χ2v) is 5.44. The van der Waals surface area contributed by atoms with Gasteiger partial charge in [0.2, 0.25) is 0 Å². The molecule has 1 N–H and O–H groups in total. The quantitative estimate of drug-likeness (QED) is 0.868. The summed E-state index contributed by atoms with van der Waals surface area (Å²) >= 11 is 0. The Morgan fingerprint density at radius 2 is 1.85 bits per heavy atom. The summed E-state index contributed by atoms with van der Waals surface area (Å²) in [5, 5.41) is 3.59. The number of nitrogens with zero attached hydrogens (tertiary/aromatic N) is 1. The molecule has 2 aromatic rings. The molecule has 1 unspecified atom stereocenters. The van der Waals surface area contributed by atoms with Gasteiger partial charge in [0.25, 0.3) is 0 Å². The Balaban J connectivity index is 2.06. The normalized spacial score (nSPS) is 12.3. The smallest absolute Gasteiger partial charge is 0.0300 e. The summed E-state index contributed by atoms with van der Waals surface area (Å²) in [5.41, 5.74) is 5.44. The molecule has 0 spiro atoms. The van der Waals surface area contributed by atoms with Gasteiger partial charge in [0, 0.05) is 18.4 Å². The van der Waals surface area contributed by atoms with Crippen molar-refractivity contribution in [2.24, 2.45) is 0 Å².